The van der Waals surface area contributed by atoms with Crippen LogP contribution in [0.2, 0.25) is 0 Å². The number of benzene rings is 1. The van der Waals surface area contributed by atoms with Crippen LogP contribution in [0, 0.1) is 10.1 Å². The first-order valence-corrected chi connectivity index (χ1v) is 7.85. The molecule has 5 nitrogen and oxygen atoms in total. The maximum atomic E-state index is 10.7. The van der Waals surface area contributed by atoms with E-state index in [0.717, 1.165) is 25.7 Å². The number of hydrogen-bond donors (Lipinski definition) is 0. The molecule has 0 atom stereocenters. The van der Waals surface area contributed by atoms with Gasteiger partial charge in [-0.15, -0.1) is 6.58 Å². The molecule has 2 rings (SSSR count). The molecule has 1 heterocycles. The van der Waals surface area contributed by atoms with Gasteiger partial charge in [0, 0.05) is 18.6 Å². The van der Waals surface area contributed by atoms with Crippen LogP contribution < -0.4 is 0 Å². The molecule has 22 heavy (non-hydrogen) atoms. The second-order valence-electron chi connectivity index (χ2n) is 5.47. The topological polar surface area (TPSA) is 69.2 Å². The minimum atomic E-state index is -0.417. The highest BCUT2D eigenvalue weighted by atomic mass is 16.6. The predicted molar refractivity (Wildman–Crippen MR) is 86.9 cm³/mol. The van der Waals surface area contributed by atoms with E-state index in [2.05, 4.69) is 11.6 Å². The summed E-state index contributed by atoms with van der Waals surface area (Å²) in [4.78, 5) is 14.6. The highest BCUT2D eigenvalue weighted by Gasteiger charge is 2.11. The first-order chi connectivity index (χ1) is 10.7. The molecule has 0 saturated carbocycles. The smallest absolute Gasteiger partial charge is 0.271 e. The van der Waals surface area contributed by atoms with Gasteiger partial charge in [0.2, 0.25) is 0 Å². The highest BCUT2D eigenvalue weighted by molar-refractivity contribution is 5.75. The Morgan fingerprint density at radius 3 is 2.64 bits per heavy atom. The van der Waals surface area contributed by atoms with Crippen molar-refractivity contribution in [1.82, 2.24) is 4.98 Å². The number of rotatable bonds is 10. The molecule has 0 spiro atoms. The van der Waals surface area contributed by atoms with Crippen LogP contribution in [-0.2, 0) is 6.42 Å². The maximum Gasteiger partial charge on any atom is 0.271 e. The Morgan fingerprint density at radius 2 is 1.91 bits per heavy atom. The lowest BCUT2D eigenvalue weighted by Crippen LogP contribution is -1.87. The number of aromatic nitrogens is 1. The van der Waals surface area contributed by atoms with Gasteiger partial charge in [-0.25, -0.2) is 4.98 Å². The minimum absolute atomic E-state index is 0.0480. The molecule has 0 saturated heterocycles. The molecule has 1 aromatic carbocycles. The van der Waals surface area contributed by atoms with E-state index in [1.54, 1.807) is 6.07 Å². The van der Waals surface area contributed by atoms with E-state index < -0.39 is 4.92 Å². The second kappa shape index (κ2) is 8.32. The van der Waals surface area contributed by atoms with Crippen molar-refractivity contribution in [3.8, 4) is 0 Å². The molecule has 0 unspecified atom stereocenters. The van der Waals surface area contributed by atoms with Crippen LogP contribution in [0.3, 0.4) is 0 Å². The fourth-order valence-electron chi connectivity index (χ4n) is 2.46. The molecule has 0 aliphatic rings. The van der Waals surface area contributed by atoms with Crippen molar-refractivity contribution >= 4 is 16.8 Å². The Hall–Kier alpha value is -2.17. The molecule has 0 aliphatic heterocycles. The van der Waals surface area contributed by atoms with Crippen molar-refractivity contribution in [2.24, 2.45) is 0 Å². The fourth-order valence-corrected chi connectivity index (χ4v) is 2.46. The molecule has 0 aliphatic carbocycles. The monoisotopic (exact) mass is 302 g/mol. The fraction of sp³-hybridized carbons (Fsp3) is 0.471. The number of nitro groups is 1. The number of fused-ring (bicyclic) bond motifs is 1. The Bertz CT molecular complexity index is 634. The van der Waals surface area contributed by atoms with Crippen LogP contribution in [0.25, 0.3) is 11.1 Å². The van der Waals surface area contributed by atoms with Gasteiger partial charge in [0.25, 0.3) is 5.69 Å². The standard InChI is InChI=1S/C17H22N2O3/c1-2-3-4-5-6-7-8-9-10-17-18-15-13-14(19(20)21)11-12-16(15)22-17/h2,11-13H,1,3-10H2. The van der Waals surface area contributed by atoms with Crippen LogP contribution in [0.1, 0.15) is 50.8 Å². The Balaban J connectivity index is 1.75. The van der Waals surface area contributed by atoms with E-state index in [-0.39, 0.29) is 5.69 Å². The summed E-state index contributed by atoms with van der Waals surface area (Å²) in [7, 11) is 0. The summed E-state index contributed by atoms with van der Waals surface area (Å²) in [5.41, 5.74) is 1.23. The lowest BCUT2D eigenvalue weighted by atomic mass is 10.1. The Kier molecular flexibility index (Phi) is 6.13. The molecular weight excluding hydrogens is 280 g/mol. The molecule has 1 aromatic heterocycles. The van der Waals surface area contributed by atoms with Gasteiger partial charge in [0.15, 0.2) is 11.5 Å². The molecule has 2 aromatic rings. The SMILES string of the molecule is C=CCCCCCCCCc1nc2cc([N+](=O)[O-])ccc2o1. The summed E-state index contributed by atoms with van der Waals surface area (Å²) in [5.74, 6) is 0.669. The maximum absolute atomic E-state index is 10.7. The van der Waals surface area contributed by atoms with Gasteiger partial charge in [-0.1, -0.05) is 31.8 Å². The van der Waals surface area contributed by atoms with E-state index in [4.69, 9.17) is 4.42 Å². The minimum Gasteiger partial charge on any atom is -0.441 e. The zero-order valence-corrected chi connectivity index (χ0v) is 12.8. The average molecular weight is 302 g/mol. The Labute approximate surface area is 130 Å². The van der Waals surface area contributed by atoms with Crippen LogP contribution in [0.4, 0.5) is 5.69 Å². The van der Waals surface area contributed by atoms with Gasteiger partial charge in [-0.3, -0.25) is 10.1 Å². The molecule has 0 bridgehead atoms. The van der Waals surface area contributed by atoms with Crippen molar-refractivity contribution < 1.29 is 9.34 Å². The van der Waals surface area contributed by atoms with E-state index in [1.165, 1.54) is 37.8 Å². The van der Waals surface area contributed by atoms with Crippen molar-refractivity contribution in [1.29, 1.82) is 0 Å². The molecular formula is C17H22N2O3. The zero-order valence-electron chi connectivity index (χ0n) is 12.8. The van der Waals surface area contributed by atoms with Gasteiger partial charge in [-0.2, -0.15) is 0 Å². The molecule has 5 heteroatoms. The van der Waals surface area contributed by atoms with Crippen molar-refractivity contribution in [2.75, 3.05) is 0 Å². The van der Waals surface area contributed by atoms with E-state index in [0.29, 0.717) is 17.0 Å². The number of oxazole rings is 1. The van der Waals surface area contributed by atoms with Gasteiger partial charge >= 0.3 is 0 Å². The molecule has 118 valence electrons. The summed E-state index contributed by atoms with van der Waals surface area (Å²) < 4.78 is 5.62. The van der Waals surface area contributed by atoms with E-state index in [1.807, 2.05) is 6.08 Å². The number of aryl methyl sites for hydroxylation is 1. The number of unbranched alkanes of at least 4 members (excludes halogenated alkanes) is 6. The number of nitrogens with zero attached hydrogens (tertiary/aromatic N) is 2. The summed E-state index contributed by atoms with van der Waals surface area (Å²) in [5, 5.41) is 10.7. The van der Waals surface area contributed by atoms with E-state index >= 15 is 0 Å². The van der Waals surface area contributed by atoms with Crippen LogP contribution in [0.5, 0.6) is 0 Å². The van der Waals surface area contributed by atoms with Crippen molar-refractivity contribution in [3.63, 3.8) is 0 Å². The normalized spacial score (nSPS) is 10.9. The molecule has 0 radical (unpaired) electrons. The first-order valence-electron chi connectivity index (χ1n) is 7.85. The molecule has 0 N–H and O–H groups in total. The summed E-state index contributed by atoms with van der Waals surface area (Å²) >= 11 is 0. The van der Waals surface area contributed by atoms with E-state index in [9.17, 15) is 10.1 Å². The third-order valence-corrected chi connectivity index (χ3v) is 3.68. The largest absolute Gasteiger partial charge is 0.441 e. The molecule has 0 fully saturated rings. The highest BCUT2D eigenvalue weighted by Crippen LogP contribution is 2.22. The lowest BCUT2D eigenvalue weighted by molar-refractivity contribution is -0.384. The summed E-state index contributed by atoms with van der Waals surface area (Å²) in [6, 6.07) is 4.52. The van der Waals surface area contributed by atoms with Gasteiger partial charge in [0.05, 0.1) is 4.92 Å². The second-order valence-corrected chi connectivity index (χ2v) is 5.47. The predicted octanol–water partition coefficient (Wildman–Crippen LogP) is 5.20. The zero-order chi connectivity index (χ0) is 15.8. The van der Waals surface area contributed by atoms with Crippen molar-refractivity contribution in [2.45, 2.75) is 51.4 Å². The van der Waals surface area contributed by atoms with Gasteiger partial charge in [0.1, 0.15) is 5.52 Å². The molecule has 0 amide bonds. The van der Waals surface area contributed by atoms with Crippen LogP contribution in [-0.4, -0.2) is 9.91 Å². The average Bonchev–Trinajstić information content (AvgIpc) is 2.91. The number of non-ortho nitro benzene ring substituents is 1. The number of hydrogen-bond acceptors (Lipinski definition) is 4. The summed E-state index contributed by atoms with van der Waals surface area (Å²) in [6.45, 7) is 3.72. The first kappa shape index (κ1) is 16.2. The quantitative estimate of drug-likeness (QED) is 0.262. The van der Waals surface area contributed by atoms with Crippen molar-refractivity contribution in [3.05, 3.63) is 46.9 Å². The third kappa shape index (κ3) is 4.69. The van der Waals surface area contributed by atoms with Gasteiger partial charge < -0.3 is 4.42 Å². The van der Waals surface area contributed by atoms with Crippen LogP contribution >= 0.6 is 0 Å². The Morgan fingerprint density at radius 1 is 1.18 bits per heavy atom. The number of allylic oxidation sites excluding steroid dienone is 1. The lowest BCUT2D eigenvalue weighted by Gasteiger charge is -1.99. The number of nitro benzene ring substituents is 1. The van der Waals surface area contributed by atoms with Gasteiger partial charge in [-0.05, 0) is 25.3 Å². The third-order valence-electron chi connectivity index (χ3n) is 3.68. The van der Waals surface area contributed by atoms with Crippen LogP contribution in [0.15, 0.2) is 35.3 Å². The summed E-state index contributed by atoms with van der Waals surface area (Å²) in [6.07, 6.45) is 11.0.